The first-order valence-corrected chi connectivity index (χ1v) is 6.51. The lowest BCUT2D eigenvalue weighted by Crippen LogP contribution is -2.29. The molecule has 0 saturated carbocycles. The largest absolute Gasteiger partial charge is 0.481 e. The van der Waals surface area contributed by atoms with Gasteiger partial charge in [-0.2, -0.15) is 10.1 Å². The van der Waals surface area contributed by atoms with Crippen LogP contribution < -0.4 is 5.69 Å². The smallest absolute Gasteiger partial charge is 0.347 e. The van der Waals surface area contributed by atoms with Crippen LogP contribution >= 0.6 is 0 Å². The number of carboxylic acids is 1. The van der Waals surface area contributed by atoms with E-state index in [-0.39, 0.29) is 12.1 Å². The Hall–Kier alpha value is -2.51. The van der Waals surface area contributed by atoms with E-state index in [9.17, 15) is 9.59 Å². The molecule has 0 aliphatic carbocycles. The summed E-state index contributed by atoms with van der Waals surface area (Å²) in [6.07, 6.45) is 1.93. The van der Waals surface area contributed by atoms with E-state index in [4.69, 9.17) is 5.11 Å². The minimum Gasteiger partial charge on any atom is -0.481 e. The van der Waals surface area contributed by atoms with E-state index >= 15 is 0 Å². The third-order valence-corrected chi connectivity index (χ3v) is 3.31. The van der Waals surface area contributed by atoms with Gasteiger partial charge in [-0.15, -0.1) is 0 Å². The van der Waals surface area contributed by atoms with Gasteiger partial charge in [-0.25, -0.2) is 9.78 Å². The van der Waals surface area contributed by atoms with Gasteiger partial charge in [0.1, 0.15) is 6.33 Å². The van der Waals surface area contributed by atoms with Crippen molar-refractivity contribution in [3.63, 3.8) is 0 Å². The highest BCUT2D eigenvalue weighted by Crippen LogP contribution is 2.10. The Morgan fingerprint density at radius 3 is 2.67 bits per heavy atom. The molecular weight excluding hydrogens is 274 g/mol. The molecule has 112 valence electrons. The van der Waals surface area contributed by atoms with Gasteiger partial charge in [0.05, 0.1) is 6.42 Å². The molecular formula is C13H17N5O3. The Labute approximate surface area is 121 Å². The maximum Gasteiger partial charge on any atom is 0.347 e. The summed E-state index contributed by atoms with van der Waals surface area (Å²) in [5.41, 5.74) is 1.30. The predicted molar refractivity (Wildman–Crippen MR) is 74.0 cm³/mol. The maximum atomic E-state index is 12.0. The van der Waals surface area contributed by atoms with Crippen molar-refractivity contribution in [2.24, 2.45) is 7.05 Å². The van der Waals surface area contributed by atoms with Gasteiger partial charge in [0, 0.05) is 37.0 Å². The van der Waals surface area contributed by atoms with Crippen molar-refractivity contribution >= 4 is 5.97 Å². The van der Waals surface area contributed by atoms with Crippen molar-refractivity contribution < 1.29 is 9.90 Å². The highest BCUT2D eigenvalue weighted by molar-refractivity contribution is 5.70. The Morgan fingerprint density at radius 1 is 1.38 bits per heavy atom. The van der Waals surface area contributed by atoms with Crippen LogP contribution in [-0.2, 0) is 31.2 Å². The first-order chi connectivity index (χ1) is 9.88. The molecule has 0 aliphatic rings. The molecule has 2 aromatic rings. The van der Waals surface area contributed by atoms with Crippen molar-refractivity contribution in [1.82, 2.24) is 24.3 Å². The molecule has 0 saturated heterocycles. The highest BCUT2D eigenvalue weighted by atomic mass is 16.4. The lowest BCUT2D eigenvalue weighted by Gasteiger charge is -2.13. The number of rotatable bonds is 5. The van der Waals surface area contributed by atoms with Crippen LogP contribution in [0.1, 0.15) is 22.8 Å². The van der Waals surface area contributed by atoms with Crippen molar-refractivity contribution in [1.29, 1.82) is 0 Å². The number of carbonyl (C=O) groups is 1. The zero-order valence-electron chi connectivity index (χ0n) is 12.2. The summed E-state index contributed by atoms with van der Waals surface area (Å²) in [5, 5.41) is 13.1. The molecule has 8 heteroatoms. The van der Waals surface area contributed by atoms with E-state index in [1.54, 1.807) is 31.9 Å². The van der Waals surface area contributed by atoms with E-state index < -0.39 is 5.97 Å². The highest BCUT2D eigenvalue weighted by Gasteiger charge is 2.14. The molecule has 0 amide bonds. The number of aromatic nitrogens is 5. The van der Waals surface area contributed by atoms with Crippen LogP contribution in [0.5, 0.6) is 0 Å². The van der Waals surface area contributed by atoms with Crippen molar-refractivity contribution in [3.05, 3.63) is 39.6 Å². The Balaban J connectivity index is 2.30. The van der Waals surface area contributed by atoms with Crippen LogP contribution in [0.4, 0.5) is 0 Å². The van der Waals surface area contributed by atoms with E-state index in [0.717, 1.165) is 0 Å². The molecule has 0 spiro atoms. The standard InChI is InChI=1S/C13H17N5O3/c1-8-10(6-12(19)20)9(2)18(13(21)15-8)5-4-11-14-7-17(3)16-11/h7H,4-6H2,1-3H3,(H,19,20). The average Bonchev–Trinajstić information content (AvgIpc) is 2.80. The second-order valence-electron chi connectivity index (χ2n) is 4.85. The van der Waals surface area contributed by atoms with Gasteiger partial charge < -0.3 is 5.11 Å². The van der Waals surface area contributed by atoms with Crippen molar-refractivity contribution in [3.8, 4) is 0 Å². The molecule has 2 rings (SSSR count). The number of nitrogens with zero attached hydrogens (tertiary/aromatic N) is 5. The van der Waals surface area contributed by atoms with Crippen LogP contribution in [0.15, 0.2) is 11.1 Å². The van der Waals surface area contributed by atoms with Gasteiger partial charge >= 0.3 is 11.7 Å². The molecule has 21 heavy (non-hydrogen) atoms. The third kappa shape index (κ3) is 3.33. The third-order valence-electron chi connectivity index (χ3n) is 3.31. The van der Waals surface area contributed by atoms with Crippen LogP contribution in [0.25, 0.3) is 0 Å². The first-order valence-electron chi connectivity index (χ1n) is 6.51. The van der Waals surface area contributed by atoms with Gasteiger partial charge in [0.15, 0.2) is 5.82 Å². The molecule has 0 fully saturated rings. The summed E-state index contributed by atoms with van der Waals surface area (Å²) in [6.45, 7) is 3.76. The topological polar surface area (TPSA) is 103 Å². The average molecular weight is 291 g/mol. The normalized spacial score (nSPS) is 10.8. The zero-order valence-corrected chi connectivity index (χ0v) is 12.2. The summed E-state index contributed by atoms with van der Waals surface area (Å²) in [7, 11) is 1.77. The van der Waals surface area contributed by atoms with Gasteiger partial charge in [0.2, 0.25) is 0 Å². The molecule has 0 aliphatic heterocycles. The van der Waals surface area contributed by atoms with E-state index in [0.29, 0.717) is 35.7 Å². The summed E-state index contributed by atoms with van der Waals surface area (Å²) < 4.78 is 3.07. The summed E-state index contributed by atoms with van der Waals surface area (Å²) in [6, 6.07) is 0. The minimum atomic E-state index is -0.945. The number of carboxylic acid groups (broad SMARTS) is 1. The van der Waals surface area contributed by atoms with Crippen LogP contribution in [0, 0.1) is 13.8 Å². The van der Waals surface area contributed by atoms with Gasteiger partial charge in [-0.05, 0) is 13.8 Å². The first kappa shape index (κ1) is 14.9. The molecule has 8 nitrogen and oxygen atoms in total. The van der Waals surface area contributed by atoms with E-state index in [1.165, 1.54) is 4.57 Å². The summed E-state index contributed by atoms with van der Waals surface area (Å²) >= 11 is 0. The SMILES string of the molecule is Cc1nc(=O)n(CCc2ncn(C)n2)c(C)c1CC(=O)O. The predicted octanol–water partition coefficient (Wildman–Crippen LogP) is -0.142. The van der Waals surface area contributed by atoms with Gasteiger partial charge in [-0.1, -0.05) is 0 Å². The van der Waals surface area contributed by atoms with Crippen molar-refractivity contribution in [2.75, 3.05) is 0 Å². The maximum absolute atomic E-state index is 12.0. The Kier molecular flexibility index (Phi) is 4.15. The fourth-order valence-electron chi connectivity index (χ4n) is 2.22. The molecule has 1 N–H and O–H groups in total. The number of hydrogen-bond donors (Lipinski definition) is 1. The lowest BCUT2D eigenvalue weighted by molar-refractivity contribution is -0.136. The molecule has 0 bridgehead atoms. The minimum absolute atomic E-state index is 0.146. The van der Waals surface area contributed by atoms with Crippen LogP contribution in [0.3, 0.4) is 0 Å². The van der Waals surface area contributed by atoms with Crippen molar-refractivity contribution in [2.45, 2.75) is 33.2 Å². The monoisotopic (exact) mass is 291 g/mol. The fraction of sp³-hybridized carbons (Fsp3) is 0.462. The zero-order chi connectivity index (χ0) is 15.6. The molecule has 0 unspecified atom stereocenters. The molecule has 2 heterocycles. The summed E-state index contributed by atoms with van der Waals surface area (Å²) in [4.78, 5) is 30.9. The lowest BCUT2D eigenvalue weighted by atomic mass is 10.1. The van der Waals surface area contributed by atoms with E-state index in [1.807, 2.05) is 0 Å². The number of aryl methyl sites for hydroxylation is 3. The van der Waals surface area contributed by atoms with Crippen LogP contribution in [0.2, 0.25) is 0 Å². The number of hydrogen-bond acceptors (Lipinski definition) is 5. The Morgan fingerprint density at radius 2 is 2.10 bits per heavy atom. The molecule has 0 atom stereocenters. The second-order valence-corrected chi connectivity index (χ2v) is 4.85. The molecule has 2 aromatic heterocycles. The quantitative estimate of drug-likeness (QED) is 0.822. The second kappa shape index (κ2) is 5.86. The Bertz CT molecular complexity index is 732. The van der Waals surface area contributed by atoms with Gasteiger partial charge in [0.25, 0.3) is 0 Å². The van der Waals surface area contributed by atoms with Crippen LogP contribution in [-0.4, -0.2) is 35.4 Å². The summed E-state index contributed by atoms with van der Waals surface area (Å²) in [5.74, 6) is -0.316. The number of aliphatic carboxylic acids is 1. The van der Waals surface area contributed by atoms with Gasteiger partial charge in [-0.3, -0.25) is 14.0 Å². The molecule has 0 radical (unpaired) electrons. The van der Waals surface area contributed by atoms with E-state index in [2.05, 4.69) is 15.1 Å². The molecule has 0 aromatic carbocycles. The fourth-order valence-corrected chi connectivity index (χ4v) is 2.22.